The average molecular weight is 273 g/mol. The van der Waals surface area contributed by atoms with Crippen molar-refractivity contribution in [2.45, 2.75) is 32.1 Å². The van der Waals surface area contributed by atoms with E-state index in [9.17, 15) is 9.90 Å². The fourth-order valence-corrected chi connectivity index (χ4v) is 3.02. The molecule has 106 valence electrons. The van der Waals surface area contributed by atoms with Crippen LogP contribution in [0.5, 0.6) is 0 Å². The number of nitrogens with zero attached hydrogens (tertiary/aromatic N) is 2. The van der Waals surface area contributed by atoms with Gasteiger partial charge in [-0.05, 0) is 24.5 Å². The van der Waals surface area contributed by atoms with E-state index in [0.717, 1.165) is 18.9 Å². The van der Waals surface area contributed by atoms with E-state index >= 15 is 0 Å². The molecular formula is C15H19N3O2. The minimum Gasteiger partial charge on any atom is -0.476 e. The van der Waals surface area contributed by atoms with Gasteiger partial charge in [-0.25, -0.2) is 9.78 Å². The molecule has 2 aromatic heterocycles. The smallest absolute Gasteiger partial charge is 0.356 e. The molecule has 2 heterocycles. The van der Waals surface area contributed by atoms with Crippen LogP contribution in [0, 0.1) is 5.92 Å². The highest BCUT2D eigenvalue weighted by Gasteiger charge is 2.19. The lowest BCUT2D eigenvalue weighted by molar-refractivity contribution is 0.0690. The van der Waals surface area contributed by atoms with Crippen LogP contribution < -0.4 is 5.32 Å². The SMILES string of the molecule is O=C(O)c1c(NCCC2CCCC2)nc2ccccn12. The van der Waals surface area contributed by atoms with Crippen molar-refractivity contribution in [3.8, 4) is 0 Å². The maximum absolute atomic E-state index is 11.4. The molecule has 0 saturated heterocycles. The molecule has 2 aromatic rings. The molecule has 0 aromatic carbocycles. The second-order valence-corrected chi connectivity index (χ2v) is 5.41. The van der Waals surface area contributed by atoms with Crippen molar-refractivity contribution in [3.63, 3.8) is 0 Å². The van der Waals surface area contributed by atoms with Crippen molar-refractivity contribution in [1.82, 2.24) is 9.38 Å². The fourth-order valence-electron chi connectivity index (χ4n) is 3.02. The summed E-state index contributed by atoms with van der Waals surface area (Å²) in [5.41, 5.74) is 0.875. The van der Waals surface area contributed by atoms with Gasteiger partial charge in [0.2, 0.25) is 0 Å². The van der Waals surface area contributed by atoms with Crippen LogP contribution in [-0.2, 0) is 0 Å². The molecule has 20 heavy (non-hydrogen) atoms. The first-order valence-electron chi connectivity index (χ1n) is 7.20. The minimum atomic E-state index is -0.952. The molecule has 1 aliphatic rings. The standard InChI is InChI=1S/C15H19N3O2/c19-15(20)13-14(16-9-8-11-5-1-2-6-11)17-12-7-3-4-10-18(12)13/h3-4,7,10-11,16H,1-2,5-6,8-9H2,(H,19,20). The van der Waals surface area contributed by atoms with Crippen LogP contribution in [0.15, 0.2) is 24.4 Å². The molecule has 0 radical (unpaired) electrons. The molecule has 0 bridgehead atoms. The first-order valence-corrected chi connectivity index (χ1v) is 7.20. The Kier molecular flexibility index (Phi) is 3.58. The summed E-state index contributed by atoms with van der Waals surface area (Å²) in [5.74, 6) is 0.307. The number of carbonyl (C=O) groups is 1. The normalized spacial score (nSPS) is 15.8. The zero-order chi connectivity index (χ0) is 13.9. The zero-order valence-electron chi connectivity index (χ0n) is 11.4. The van der Waals surface area contributed by atoms with Gasteiger partial charge in [0.25, 0.3) is 0 Å². The Morgan fingerprint density at radius 2 is 2.20 bits per heavy atom. The number of carboxylic acid groups (broad SMARTS) is 1. The van der Waals surface area contributed by atoms with Crippen LogP contribution in [-0.4, -0.2) is 27.0 Å². The Morgan fingerprint density at radius 1 is 1.40 bits per heavy atom. The Morgan fingerprint density at radius 3 is 2.95 bits per heavy atom. The summed E-state index contributed by atoms with van der Waals surface area (Å²) in [7, 11) is 0. The number of imidazole rings is 1. The lowest BCUT2D eigenvalue weighted by Crippen LogP contribution is -2.11. The molecule has 5 heteroatoms. The van der Waals surface area contributed by atoms with Crippen LogP contribution in [0.25, 0.3) is 5.65 Å². The zero-order valence-corrected chi connectivity index (χ0v) is 11.4. The van der Waals surface area contributed by atoms with E-state index in [2.05, 4.69) is 10.3 Å². The minimum absolute atomic E-state index is 0.215. The highest BCUT2D eigenvalue weighted by molar-refractivity contribution is 5.92. The van der Waals surface area contributed by atoms with Gasteiger partial charge in [-0.3, -0.25) is 4.40 Å². The molecule has 1 saturated carbocycles. The first-order chi connectivity index (χ1) is 9.75. The second-order valence-electron chi connectivity index (χ2n) is 5.41. The lowest BCUT2D eigenvalue weighted by atomic mass is 10.0. The van der Waals surface area contributed by atoms with Crippen molar-refractivity contribution < 1.29 is 9.90 Å². The summed E-state index contributed by atoms with van der Waals surface area (Å²) in [6, 6.07) is 5.48. The molecule has 2 N–H and O–H groups in total. The number of hydrogen-bond donors (Lipinski definition) is 2. The van der Waals surface area contributed by atoms with Gasteiger partial charge in [-0.2, -0.15) is 0 Å². The number of aromatic carboxylic acids is 1. The van der Waals surface area contributed by atoms with Crippen molar-refractivity contribution in [3.05, 3.63) is 30.1 Å². The third-order valence-corrected chi connectivity index (χ3v) is 4.05. The highest BCUT2D eigenvalue weighted by atomic mass is 16.4. The quantitative estimate of drug-likeness (QED) is 0.878. The van der Waals surface area contributed by atoms with E-state index in [-0.39, 0.29) is 5.69 Å². The number of hydrogen-bond acceptors (Lipinski definition) is 3. The molecule has 0 unspecified atom stereocenters. The van der Waals surface area contributed by atoms with Gasteiger partial charge in [0.05, 0.1) is 0 Å². The summed E-state index contributed by atoms with van der Waals surface area (Å²) in [5, 5.41) is 12.6. The summed E-state index contributed by atoms with van der Waals surface area (Å²) >= 11 is 0. The third kappa shape index (κ3) is 2.48. The van der Waals surface area contributed by atoms with Gasteiger partial charge in [-0.1, -0.05) is 31.7 Å². The second kappa shape index (κ2) is 5.53. The largest absolute Gasteiger partial charge is 0.476 e. The maximum atomic E-state index is 11.4. The molecule has 1 fully saturated rings. The van der Waals surface area contributed by atoms with Crippen molar-refractivity contribution in [2.24, 2.45) is 5.92 Å². The number of nitrogens with one attached hydrogen (secondary N) is 1. The molecule has 3 rings (SSSR count). The average Bonchev–Trinajstić information content (AvgIpc) is 3.05. The maximum Gasteiger partial charge on any atom is 0.356 e. The molecular weight excluding hydrogens is 254 g/mol. The molecule has 0 atom stereocenters. The van der Waals surface area contributed by atoms with Crippen molar-refractivity contribution in [1.29, 1.82) is 0 Å². The van der Waals surface area contributed by atoms with E-state index < -0.39 is 5.97 Å². The Hall–Kier alpha value is -2.04. The highest BCUT2D eigenvalue weighted by Crippen LogP contribution is 2.27. The Labute approximate surface area is 117 Å². The Bertz CT molecular complexity index is 615. The monoisotopic (exact) mass is 273 g/mol. The number of aromatic nitrogens is 2. The molecule has 1 aliphatic carbocycles. The van der Waals surface area contributed by atoms with E-state index in [1.165, 1.54) is 25.7 Å². The molecule has 0 aliphatic heterocycles. The van der Waals surface area contributed by atoms with Crippen molar-refractivity contribution >= 4 is 17.4 Å². The summed E-state index contributed by atoms with van der Waals surface area (Å²) in [6.45, 7) is 0.787. The van der Waals surface area contributed by atoms with Gasteiger partial charge in [-0.15, -0.1) is 0 Å². The predicted molar refractivity (Wildman–Crippen MR) is 77.2 cm³/mol. The number of rotatable bonds is 5. The van der Waals surface area contributed by atoms with Gasteiger partial charge in [0.1, 0.15) is 5.65 Å². The first kappa shape index (κ1) is 13.0. The van der Waals surface area contributed by atoms with Crippen LogP contribution in [0.4, 0.5) is 5.82 Å². The van der Waals surface area contributed by atoms with E-state index in [1.807, 2.05) is 18.2 Å². The van der Waals surface area contributed by atoms with Gasteiger partial charge >= 0.3 is 5.97 Å². The van der Waals surface area contributed by atoms with E-state index in [0.29, 0.717) is 11.5 Å². The third-order valence-electron chi connectivity index (χ3n) is 4.05. The van der Waals surface area contributed by atoms with Crippen LogP contribution >= 0.6 is 0 Å². The number of carboxylic acids is 1. The molecule has 5 nitrogen and oxygen atoms in total. The topological polar surface area (TPSA) is 66.6 Å². The van der Waals surface area contributed by atoms with Gasteiger partial charge in [0.15, 0.2) is 11.5 Å². The number of anilines is 1. The van der Waals surface area contributed by atoms with Gasteiger partial charge < -0.3 is 10.4 Å². The number of fused-ring (bicyclic) bond motifs is 1. The summed E-state index contributed by atoms with van der Waals surface area (Å²) < 4.78 is 1.61. The summed E-state index contributed by atoms with van der Waals surface area (Å²) in [6.07, 6.45) is 8.09. The molecule has 0 amide bonds. The number of pyridine rings is 1. The van der Waals surface area contributed by atoms with Gasteiger partial charge in [0, 0.05) is 12.7 Å². The lowest BCUT2D eigenvalue weighted by Gasteiger charge is -2.09. The van der Waals surface area contributed by atoms with Crippen LogP contribution in [0.1, 0.15) is 42.6 Å². The Balaban J connectivity index is 1.76. The van der Waals surface area contributed by atoms with E-state index in [1.54, 1.807) is 10.6 Å². The van der Waals surface area contributed by atoms with Crippen LogP contribution in [0.3, 0.4) is 0 Å². The molecule has 0 spiro atoms. The fraction of sp³-hybridized carbons (Fsp3) is 0.467. The van der Waals surface area contributed by atoms with Crippen molar-refractivity contribution in [2.75, 3.05) is 11.9 Å². The van der Waals surface area contributed by atoms with E-state index in [4.69, 9.17) is 0 Å². The van der Waals surface area contributed by atoms with Crippen LogP contribution in [0.2, 0.25) is 0 Å². The summed E-state index contributed by atoms with van der Waals surface area (Å²) in [4.78, 5) is 15.8. The predicted octanol–water partition coefficient (Wildman–Crippen LogP) is 3.02.